The van der Waals surface area contributed by atoms with Crippen LogP contribution in [0.1, 0.15) is 29.4 Å². The predicted octanol–water partition coefficient (Wildman–Crippen LogP) is 3.89. The number of carbonyl (C=O) groups is 1. The van der Waals surface area contributed by atoms with Gasteiger partial charge in [0.1, 0.15) is 0 Å². The highest BCUT2D eigenvalue weighted by molar-refractivity contribution is 5.96. The summed E-state index contributed by atoms with van der Waals surface area (Å²) in [6, 6.07) is 11.5. The van der Waals surface area contributed by atoms with Gasteiger partial charge in [0.2, 0.25) is 17.6 Å². The van der Waals surface area contributed by atoms with E-state index in [1.807, 2.05) is 37.3 Å². The summed E-state index contributed by atoms with van der Waals surface area (Å²) < 4.78 is 16.3. The number of hydrogen-bond donors (Lipinski definition) is 0. The zero-order valence-electron chi connectivity index (χ0n) is 16.9. The van der Waals surface area contributed by atoms with Crippen molar-refractivity contribution in [2.75, 3.05) is 25.7 Å². The quantitative estimate of drug-likeness (QED) is 0.654. The van der Waals surface area contributed by atoms with Gasteiger partial charge in [-0.1, -0.05) is 17.3 Å². The fourth-order valence-electron chi connectivity index (χ4n) is 3.59. The predicted molar refractivity (Wildman–Crippen MR) is 108 cm³/mol. The Labute approximate surface area is 169 Å². The molecule has 0 spiro atoms. The summed E-state index contributed by atoms with van der Waals surface area (Å²) >= 11 is 0. The molecule has 29 heavy (non-hydrogen) atoms. The minimum atomic E-state index is -0.151. The lowest BCUT2D eigenvalue weighted by atomic mass is 10.1. The SMILES string of the molecule is COc1cccc(-c2noc([C@H]3CC(=O)N(c4ccc(C)c(C)c4)C3)n2)c1OC. The first kappa shape index (κ1) is 19.0. The number of ether oxygens (including phenoxy) is 2. The summed E-state index contributed by atoms with van der Waals surface area (Å²) in [5, 5.41) is 4.11. The van der Waals surface area contributed by atoms with E-state index in [1.165, 1.54) is 5.56 Å². The standard InChI is InChI=1S/C22H23N3O4/c1-13-8-9-16(10-14(13)2)25-12-15(11-19(25)26)22-23-21(24-29-22)17-6-5-7-18(27-3)20(17)28-4/h5-10,15H,11-12H2,1-4H3/t15-/m0/s1. The average Bonchev–Trinajstić information content (AvgIpc) is 3.36. The van der Waals surface area contributed by atoms with Crippen LogP contribution >= 0.6 is 0 Å². The van der Waals surface area contributed by atoms with Crippen LogP contribution in [0, 0.1) is 13.8 Å². The van der Waals surface area contributed by atoms with Gasteiger partial charge in [0.05, 0.1) is 25.7 Å². The fourth-order valence-corrected chi connectivity index (χ4v) is 3.59. The normalized spacial score (nSPS) is 16.3. The monoisotopic (exact) mass is 393 g/mol. The van der Waals surface area contributed by atoms with Crippen LogP contribution in [0.2, 0.25) is 0 Å². The molecular formula is C22H23N3O4. The van der Waals surface area contributed by atoms with E-state index in [2.05, 4.69) is 17.1 Å². The van der Waals surface area contributed by atoms with Gasteiger partial charge in [0, 0.05) is 18.7 Å². The summed E-state index contributed by atoms with van der Waals surface area (Å²) in [5.41, 5.74) is 3.93. The molecule has 0 bridgehead atoms. The maximum atomic E-state index is 12.6. The molecule has 1 saturated heterocycles. The van der Waals surface area contributed by atoms with Crippen molar-refractivity contribution in [3.63, 3.8) is 0 Å². The van der Waals surface area contributed by atoms with E-state index < -0.39 is 0 Å². The molecule has 0 radical (unpaired) electrons. The van der Waals surface area contributed by atoms with Crippen LogP contribution in [0.15, 0.2) is 40.9 Å². The Kier molecular flexibility index (Phi) is 4.96. The molecule has 1 aliphatic heterocycles. The minimum Gasteiger partial charge on any atom is -0.493 e. The number of amides is 1. The molecule has 1 atom stereocenters. The van der Waals surface area contributed by atoms with Gasteiger partial charge < -0.3 is 18.9 Å². The summed E-state index contributed by atoms with van der Waals surface area (Å²) in [5.74, 6) is 1.89. The van der Waals surface area contributed by atoms with Gasteiger partial charge in [-0.2, -0.15) is 4.98 Å². The Morgan fingerprint density at radius 2 is 1.93 bits per heavy atom. The summed E-state index contributed by atoms with van der Waals surface area (Å²) in [4.78, 5) is 18.9. The first-order valence-corrected chi connectivity index (χ1v) is 9.44. The second-order valence-electron chi connectivity index (χ2n) is 7.17. The summed E-state index contributed by atoms with van der Waals surface area (Å²) in [6.45, 7) is 4.61. The number of aromatic nitrogens is 2. The number of carbonyl (C=O) groups excluding carboxylic acids is 1. The van der Waals surface area contributed by atoms with Gasteiger partial charge >= 0.3 is 0 Å². The Morgan fingerprint density at radius 3 is 2.66 bits per heavy atom. The van der Waals surface area contributed by atoms with Crippen molar-refractivity contribution in [3.8, 4) is 22.9 Å². The van der Waals surface area contributed by atoms with Crippen molar-refractivity contribution < 1.29 is 18.8 Å². The van der Waals surface area contributed by atoms with Crippen molar-refractivity contribution in [3.05, 3.63) is 53.4 Å². The van der Waals surface area contributed by atoms with Crippen LogP contribution in [-0.4, -0.2) is 36.8 Å². The molecule has 150 valence electrons. The van der Waals surface area contributed by atoms with Gasteiger partial charge in [-0.25, -0.2) is 0 Å². The van der Waals surface area contributed by atoms with E-state index in [4.69, 9.17) is 14.0 Å². The molecule has 1 aliphatic rings. The van der Waals surface area contributed by atoms with Crippen molar-refractivity contribution in [2.45, 2.75) is 26.2 Å². The van der Waals surface area contributed by atoms with Crippen LogP contribution in [-0.2, 0) is 4.79 Å². The van der Waals surface area contributed by atoms with Crippen LogP contribution in [0.4, 0.5) is 5.69 Å². The van der Waals surface area contributed by atoms with Crippen molar-refractivity contribution >= 4 is 11.6 Å². The molecule has 1 fully saturated rings. The third-order valence-electron chi connectivity index (χ3n) is 5.36. The van der Waals surface area contributed by atoms with E-state index in [1.54, 1.807) is 25.2 Å². The molecule has 1 aromatic heterocycles. The first-order chi connectivity index (χ1) is 14.0. The summed E-state index contributed by atoms with van der Waals surface area (Å²) in [7, 11) is 3.15. The van der Waals surface area contributed by atoms with Gasteiger partial charge in [-0.3, -0.25) is 4.79 Å². The Balaban J connectivity index is 1.59. The molecule has 3 aromatic rings. The minimum absolute atomic E-state index is 0.0527. The largest absolute Gasteiger partial charge is 0.493 e. The zero-order valence-corrected chi connectivity index (χ0v) is 16.9. The summed E-state index contributed by atoms with van der Waals surface area (Å²) in [6.07, 6.45) is 0.337. The Morgan fingerprint density at radius 1 is 1.10 bits per heavy atom. The van der Waals surface area contributed by atoms with E-state index >= 15 is 0 Å². The topological polar surface area (TPSA) is 77.7 Å². The highest BCUT2D eigenvalue weighted by Gasteiger charge is 2.35. The third-order valence-corrected chi connectivity index (χ3v) is 5.36. The van der Waals surface area contributed by atoms with E-state index in [0.717, 1.165) is 11.3 Å². The molecule has 0 saturated carbocycles. The Bertz CT molecular complexity index is 1060. The molecular weight excluding hydrogens is 370 g/mol. The molecule has 0 aliphatic carbocycles. The molecule has 1 amide bonds. The number of para-hydroxylation sites is 1. The highest BCUT2D eigenvalue weighted by atomic mass is 16.5. The number of aryl methyl sites for hydroxylation is 2. The molecule has 2 heterocycles. The number of hydrogen-bond acceptors (Lipinski definition) is 6. The van der Waals surface area contributed by atoms with Crippen molar-refractivity contribution in [1.29, 1.82) is 0 Å². The first-order valence-electron chi connectivity index (χ1n) is 9.44. The molecule has 2 aromatic carbocycles. The molecule has 0 N–H and O–H groups in total. The van der Waals surface area contributed by atoms with Crippen LogP contribution in [0.5, 0.6) is 11.5 Å². The molecule has 7 nitrogen and oxygen atoms in total. The molecule has 0 unspecified atom stereocenters. The molecule has 4 rings (SSSR count). The second kappa shape index (κ2) is 7.58. The fraction of sp³-hybridized carbons (Fsp3) is 0.318. The smallest absolute Gasteiger partial charge is 0.232 e. The van der Waals surface area contributed by atoms with Gasteiger partial charge in [-0.15, -0.1) is 0 Å². The Hall–Kier alpha value is -3.35. The van der Waals surface area contributed by atoms with Crippen LogP contribution in [0.3, 0.4) is 0 Å². The van der Waals surface area contributed by atoms with E-state index in [0.29, 0.717) is 41.7 Å². The number of methoxy groups -OCH3 is 2. The van der Waals surface area contributed by atoms with E-state index in [9.17, 15) is 4.79 Å². The lowest BCUT2D eigenvalue weighted by Gasteiger charge is -2.17. The lowest BCUT2D eigenvalue weighted by Crippen LogP contribution is -2.24. The van der Waals surface area contributed by atoms with E-state index in [-0.39, 0.29) is 11.8 Å². The maximum absolute atomic E-state index is 12.6. The molecule has 7 heteroatoms. The van der Waals surface area contributed by atoms with Crippen LogP contribution < -0.4 is 14.4 Å². The second-order valence-corrected chi connectivity index (χ2v) is 7.17. The van der Waals surface area contributed by atoms with Gasteiger partial charge in [-0.05, 0) is 49.2 Å². The average molecular weight is 393 g/mol. The maximum Gasteiger partial charge on any atom is 0.232 e. The highest BCUT2D eigenvalue weighted by Crippen LogP contribution is 2.38. The van der Waals surface area contributed by atoms with Crippen molar-refractivity contribution in [2.24, 2.45) is 0 Å². The van der Waals surface area contributed by atoms with Crippen molar-refractivity contribution in [1.82, 2.24) is 10.1 Å². The number of anilines is 1. The third kappa shape index (κ3) is 3.44. The number of benzene rings is 2. The number of rotatable bonds is 5. The number of nitrogens with zero attached hydrogens (tertiary/aromatic N) is 3. The lowest BCUT2D eigenvalue weighted by molar-refractivity contribution is -0.117. The van der Waals surface area contributed by atoms with Crippen LogP contribution in [0.25, 0.3) is 11.4 Å². The van der Waals surface area contributed by atoms with Gasteiger partial charge in [0.15, 0.2) is 11.5 Å². The van der Waals surface area contributed by atoms with Gasteiger partial charge in [0.25, 0.3) is 0 Å². The zero-order chi connectivity index (χ0) is 20.5.